The molecule has 1 saturated heterocycles. The predicted octanol–water partition coefficient (Wildman–Crippen LogP) is 4.27. The number of carbonyl (C=O) groups excluding carboxylic acids is 3. The van der Waals surface area contributed by atoms with Crippen molar-refractivity contribution in [2.75, 3.05) is 25.7 Å². The fourth-order valence-electron chi connectivity index (χ4n) is 5.12. The van der Waals surface area contributed by atoms with E-state index in [1.807, 2.05) is 83.8 Å². The van der Waals surface area contributed by atoms with Gasteiger partial charge in [0, 0.05) is 30.0 Å². The van der Waals surface area contributed by atoms with Crippen LogP contribution in [0.4, 0.5) is 5.69 Å². The first-order valence-electron chi connectivity index (χ1n) is 13.2. The van der Waals surface area contributed by atoms with Gasteiger partial charge < -0.3 is 29.1 Å². The van der Waals surface area contributed by atoms with Gasteiger partial charge in [-0.15, -0.1) is 0 Å². The lowest BCUT2D eigenvalue weighted by atomic mass is 9.96. The van der Waals surface area contributed by atoms with Gasteiger partial charge in [0.05, 0.1) is 26.8 Å². The molecule has 3 aromatic carbocycles. The molecule has 4 atom stereocenters. The summed E-state index contributed by atoms with van der Waals surface area (Å²) in [5, 5.41) is 11.9. The molecule has 3 aromatic rings. The van der Waals surface area contributed by atoms with Crippen LogP contribution in [0, 0.1) is 0 Å². The monoisotopic (exact) mass is 624 g/mol. The summed E-state index contributed by atoms with van der Waals surface area (Å²) in [6.45, 7) is 1.59. The van der Waals surface area contributed by atoms with E-state index in [2.05, 4.69) is 15.9 Å². The van der Waals surface area contributed by atoms with Crippen molar-refractivity contribution in [2.45, 2.75) is 44.2 Å². The van der Waals surface area contributed by atoms with Crippen LogP contribution >= 0.6 is 15.9 Å². The third-order valence-electron chi connectivity index (χ3n) is 7.05. The number of esters is 2. The van der Waals surface area contributed by atoms with Crippen molar-refractivity contribution < 1.29 is 33.7 Å². The molecule has 1 fully saturated rings. The van der Waals surface area contributed by atoms with Gasteiger partial charge >= 0.3 is 11.9 Å². The minimum atomic E-state index is -1.58. The van der Waals surface area contributed by atoms with Crippen molar-refractivity contribution in [1.29, 1.82) is 0 Å². The third kappa shape index (κ3) is 7.25. The molecule has 1 aliphatic rings. The highest BCUT2D eigenvalue weighted by molar-refractivity contribution is 9.10. The summed E-state index contributed by atoms with van der Waals surface area (Å²) in [4.78, 5) is 41.5. The van der Waals surface area contributed by atoms with Crippen molar-refractivity contribution >= 4 is 39.5 Å². The number of amides is 1. The number of likely N-dealkylation sites (tertiary alicyclic amines) is 1. The average molecular weight is 626 g/mol. The van der Waals surface area contributed by atoms with Gasteiger partial charge in [-0.2, -0.15) is 0 Å². The Morgan fingerprint density at radius 2 is 1.66 bits per heavy atom. The molecular formula is C31H33BrN2O7. The molecule has 0 aromatic heterocycles. The van der Waals surface area contributed by atoms with Crippen LogP contribution < -0.4 is 9.64 Å². The zero-order valence-electron chi connectivity index (χ0n) is 23.1. The summed E-state index contributed by atoms with van der Waals surface area (Å²) in [5.74, 6) is -1.11. The van der Waals surface area contributed by atoms with Crippen LogP contribution in [0.3, 0.4) is 0 Å². The second-order valence-corrected chi connectivity index (χ2v) is 10.7. The van der Waals surface area contributed by atoms with Gasteiger partial charge in [0.2, 0.25) is 0 Å². The van der Waals surface area contributed by atoms with E-state index in [-0.39, 0.29) is 13.0 Å². The lowest BCUT2D eigenvalue weighted by molar-refractivity contribution is -0.154. The number of halogens is 1. The average Bonchev–Trinajstić information content (AvgIpc) is 3.40. The number of carbonyl (C=O) groups is 3. The molecule has 1 N–H and O–H groups in total. The molecule has 0 bridgehead atoms. The number of methoxy groups -OCH3 is 2. The van der Waals surface area contributed by atoms with Crippen molar-refractivity contribution in [3.05, 3.63) is 94.5 Å². The Kier molecular flexibility index (Phi) is 10.0. The highest BCUT2D eigenvalue weighted by Crippen LogP contribution is 2.35. The maximum atomic E-state index is 14.0. The Bertz CT molecular complexity index is 1330. The lowest BCUT2D eigenvalue weighted by Crippen LogP contribution is -2.50. The number of aliphatic hydroxyl groups excluding tert-OH is 1. The fraction of sp³-hybridized carbons (Fsp3) is 0.323. The zero-order chi connectivity index (χ0) is 29.5. The number of ether oxygens (including phenoxy) is 3. The minimum Gasteiger partial charge on any atom is -0.497 e. The largest absolute Gasteiger partial charge is 0.497 e. The highest BCUT2D eigenvalue weighted by Gasteiger charge is 2.46. The van der Waals surface area contributed by atoms with Crippen LogP contribution in [-0.2, 0) is 30.4 Å². The van der Waals surface area contributed by atoms with E-state index < -0.39 is 42.1 Å². The molecule has 216 valence electrons. The van der Waals surface area contributed by atoms with E-state index in [4.69, 9.17) is 14.2 Å². The first kappa shape index (κ1) is 30.1. The summed E-state index contributed by atoms with van der Waals surface area (Å²) in [6, 6.07) is 22.6. The lowest BCUT2D eigenvalue weighted by Gasteiger charge is -2.38. The maximum Gasteiger partial charge on any atom is 0.328 e. The van der Waals surface area contributed by atoms with Gasteiger partial charge in [0.25, 0.3) is 5.91 Å². The van der Waals surface area contributed by atoms with Crippen LogP contribution in [0.25, 0.3) is 0 Å². The number of hydrogen-bond donors (Lipinski definition) is 1. The van der Waals surface area contributed by atoms with Crippen molar-refractivity contribution in [3.8, 4) is 5.75 Å². The van der Waals surface area contributed by atoms with Crippen LogP contribution in [0.1, 0.15) is 30.5 Å². The Labute approximate surface area is 247 Å². The van der Waals surface area contributed by atoms with Gasteiger partial charge in [-0.25, -0.2) is 4.79 Å². The normalized spacial score (nSPS) is 17.8. The smallest absolute Gasteiger partial charge is 0.328 e. The van der Waals surface area contributed by atoms with E-state index >= 15 is 0 Å². The molecule has 0 spiro atoms. The van der Waals surface area contributed by atoms with Crippen molar-refractivity contribution in [2.24, 2.45) is 0 Å². The summed E-state index contributed by atoms with van der Waals surface area (Å²) in [5.41, 5.74) is 2.40. The molecular weight excluding hydrogens is 592 g/mol. The Hall–Kier alpha value is -3.89. The van der Waals surface area contributed by atoms with Crippen LogP contribution in [0.15, 0.2) is 83.3 Å². The summed E-state index contributed by atoms with van der Waals surface area (Å²) >= 11 is 3.48. The van der Waals surface area contributed by atoms with Gasteiger partial charge in [-0.05, 0) is 47.5 Å². The summed E-state index contributed by atoms with van der Waals surface area (Å²) in [7, 11) is 2.83. The van der Waals surface area contributed by atoms with Crippen LogP contribution in [0.2, 0.25) is 0 Å². The first-order chi connectivity index (χ1) is 19.7. The molecule has 9 nitrogen and oxygen atoms in total. The standard InChI is InChI=1S/C31H33BrN2O7/c1-20(35)41-26-17-27(31(38)40-3)34(19-26)30(37)29(36)28(22-7-5-4-6-8-22)33(24-13-11-23(32)12-14-24)18-21-9-15-25(39-2)16-10-21/h4-16,26-29,36H,17-19H2,1-3H3/t26-,27-,28-,29+/m0/s1. The molecule has 4 rings (SSSR count). The second-order valence-electron chi connectivity index (χ2n) is 9.75. The van der Waals surface area contributed by atoms with Crippen LogP contribution in [0.5, 0.6) is 5.75 Å². The molecule has 1 amide bonds. The Morgan fingerprint density at radius 3 is 2.24 bits per heavy atom. The molecule has 1 aliphatic heterocycles. The quantitative estimate of drug-likeness (QED) is 0.333. The third-order valence-corrected chi connectivity index (χ3v) is 7.58. The number of benzene rings is 3. The van der Waals surface area contributed by atoms with E-state index in [1.165, 1.54) is 18.9 Å². The zero-order valence-corrected chi connectivity index (χ0v) is 24.7. The molecule has 0 saturated carbocycles. The summed E-state index contributed by atoms with van der Waals surface area (Å²) < 4.78 is 16.4. The molecule has 0 radical (unpaired) electrons. The van der Waals surface area contributed by atoms with Gasteiger partial charge in [0.15, 0.2) is 6.10 Å². The highest BCUT2D eigenvalue weighted by atomic mass is 79.9. The van der Waals surface area contributed by atoms with Gasteiger partial charge in [-0.1, -0.05) is 58.4 Å². The Balaban J connectivity index is 1.75. The second kappa shape index (κ2) is 13.6. The topological polar surface area (TPSA) is 106 Å². The van der Waals surface area contributed by atoms with E-state index in [9.17, 15) is 19.5 Å². The molecule has 41 heavy (non-hydrogen) atoms. The minimum absolute atomic E-state index is 0.0342. The van der Waals surface area contributed by atoms with E-state index in [1.54, 1.807) is 7.11 Å². The molecule has 0 aliphatic carbocycles. The maximum absolute atomic E-state index is 14.0. The molecule has 10 heteroatoms. The molecule has 1 heterocycles. The van der Waals surface area contributed by atoms with Gasteiger partial charge in [0.1, 0.15) is 17.9 Å². The van der Waals surface area contributed by atoms with E-state index in [0.29, 0.717) is 17.9 Å². The van der Waals surface area contributed by atoms with Crippen LogP contribution in [-0.4, -0.2) is 66.9 Å². The Morgan fingerprint density at radius 1 is 1.00 bits per heavy atom. The summed E-state index contributed by atoms with van der Waals surface area (Å²) in [6.07, 6.45) is -2.18. The number of hydrogen-bond acceptors (Lipinski definition) is 8. The van der Waals surface area contributed by atoms with E-state index in [0.717, 1.165) is 15.7 Å². The van der Waals surface area contributed by atoms with Crippen molar-refractivity contribution in [1.82, 2.24) is 4.90 Å². The first-order valence-corrected chi connectivity index (χ1v) is 13.9. The number of rotatable bonds is 10. The van der Waals surface area contributed by atoms with Gasteiger partial charge in [-0.3, -0.25) is 9.59 Å². The van der Waals surface area contributed by atoms with Crippen molar-refractivity contribution in [3.63, 3.8) is 0 Å². The number of anilines is 1. The number of aliphatic hydroxyl groups is 1. The fourth-order valence-corrected chi connectivity index (χ4v) is 5.38. The SMILES string of the molecule is COC(=O)[C@@H]1C[C@H](OC(C)=O)CN1C(=O)[C@H](O)[C@H](c1ccccc1)N(Cc1ccc(OC)cc1)c1ccc(Br)cc1. The predicted molar refractivity (Wildman–Crippen MR) is 156 cm³/mol. The number of nitrogens with zero attached hydrogens (tertiary/aromatic N) is 2. The molecule has 0 unspecified atom stereocenters.